The van der Waals surface area contributed by atoms with Crippen LogP contribution in [0.15, 0.2) is 66.9 Å². The summed E-state index contributed by atoms with van der Waals surface area (Å²) in [5.74, 6) is -1.25. The van der Waals surface area contributed by atoms with Crippen LogP contribution in [0.2, 0.25) is 0 Å². The molecule has 2 aromatic heterocycles. The van der Waals surface area contributed by atoms with Gasteiger partial charge in [-0.25, -0.2) is 4.39 Å². The lowest BCUT2D eigenvalue weighted by molar-refractivity contribution is -0.125. The van der Waals surface area contributed by atoms with E-state index in [1.165, 1.54) is 29.7 Å². The molecule has 0 aliphatic carbocycles. The number of thiophene rings is 1. The lowest BCUT2D eigenvalue weighted by Gasteiger charge is -2.24. The Balaban J connectivity index is 1.47. The largest absolute Gasteiger partial charge is 0.495 e. The number of hydrogen-bond donors (Lipinski definition) is 1. The highest BCUT2D eigenvalue weighted by Crippen LogP contribution is 2.40. The van der Waals surface area contributed by atoms with E-state index in [0.717, 1.165) is 34.6 Å². The summed E-state index contributed by atoms with van der Waals surface area (Å²) >= 11 is 1.56. The predicted molar refractivity (Wildman–Crippen MR) is 150 cm³/mol. The number of carbonyl (C=O) groups is 2. The molecule has 0 radical (unpaired) electrons. The van der Waals surface area contributed by atoms with Gasteiger partial charge < -0.3 is 20.1 Å². The molecule has 2 amide bonds. The highest BCUT2D eigenvalue weighted by Gasteiger charge is 2.24. The third-order valence-electron chi connectivity index (χ3n) is 6.33. The fraction of sp³-hybridized carbons (Fsp3) is 0.207. The van der Waals surface area contributed by atoms with Crippen molar-refractivity contribution in [3.05, 3.63) is 77.6 Å². The number of carbonyl (C=O) groups excluding carboxylic acids is 2. The average molecular weight is 547 g/mol. The summed E-state index contributed by atoms with van der Waals surface area (Å²) in [5, 5.41) is 0. The van der Waals surface area contributed by atoms with Crippen molar-refractivity contribution in [2.45, 2.75) is 12.8 Å². The summed E-state index contributed by atoms with van der Waals surface area (Å²) in [6.45, 7) is 1.88. The first-order valence-corrected chi connectivity index (χ1v) is 13.1. The maximum atomic E-state index is 15.4. The van der Waals surface area contributed by atoms with Crippen molar-refractivity contribution in [3.8, 4) is 17.2 Å². The number of ether oxygens (including phenoxy) is 2. The van der Waals surface area contributed by atoms with E-state index in [-0.39, 0.29) is 11.4 Å². The lowest BCUT2D eigenvalue weighted by atomic mass is 10.1. The molecule has 1 aliphatic heterocycles. The van der Waals surface area contributed by atoms with Gasteiger partial charge in [-0.3, -0.25) is 19.5 Å². The molecule has 1 aliphatic rings. The van der Waals surface area contributed by atoms with Crippen LogP contribution in [-0.4, -0.2) is 48.9 Å². The van der Waals surface area contributed by atoms with Gasteiger partial charge >= 0.3 is 0 Å². The number of pyridine rings is 1. The van der Waals surface area contributed by atoms with E-state index in [0.29, 0.717) is 17.2 Å². The normalized spacial score (nSPS) is 13.7. The van der Waals surface area contributed by atoms with E-state index in [1.807, 2.05) is 6.07 Å². The summed E-state index contributed by atoms with van der Waals surface area (Å²) in [6.07, 6.45) is 4.31. The van der Waals surface area contributed by atoms with Crippen LogP contribution in [-0.2, 0) is 9.59 Å². The Kier molecular flexibility index (Phi) is 7.58. The zero-order valence-electron chi connectivity index (χ0n) is 21.5. The van der Waals surface area contributed by atoms with Crippen molar-refractivity contribution in [1.82, 2.24) is 9.88 Å². The minimum Gasteiger partial charge on any atom is -0.495 e. The molecule has 4 aromatic rings. The smallest absolute Gasteiger partial charge is 0.241 e. The molecule has 0 saturated carbocycles. The van der Waals surface area contributed by atoms with Crippen LogP contribution in [0.5, 0.6) is 17.2 Å². The molecule has 0 saturated heterocycles. The molecule has 0 atom stereocenters. The van der Waals surface area contributed by atoms with Crippen LogP contribution in [0, 0.1) is 5.82 Å². The number of methoxy groups -OCH3 is 1. The highest BCUT2D eigenvalue weighted by molar-refractivity contribution is 7.20. The number of nitrogens with zero attached hydrogens (tertiary/aromatic N) is 3. The van der Waals surface area contributed by atoms with Gasteiger partial charge in [0.15, 0.2) is 11.6 Å². The number of amides is 2. The van der Waals surface area contributed by atoms with Crippen LogP contribution in [0.25, 0.3) is 15.8 Å². The second-order valence-electron chi connectivity index (χ2n) is 9.15. The second-order valence-corrected chi connectivity index (χ2v) is 10.2. The molecule has 3 heterocycles. The second kappa shape index (κ2) is 11.2. The van der Waals surface area contributed by atoms with Crippen LogP contribution in [0.3, 0.4) is 0 Å². The Morgan fingerprint density at radius 2 is 1.95 bits per heavy atom. The Morgan fingerprint density at radius 3 is 2.69 bits per heavy atom. The van der Waals surface area contributed by atoms with Gasteiger partial charge in [0.05, 0.1) is 28.7 Å². The van der Waals surface area contributed by atoms with Gasteiger partial charge in [0.2, 0.25) is 11.8 Å². The minimum absolute atomic E-state index is 0.0138. The fourth-order valence-corrected chi connectivity index (χ4v) is 5.61. The molecule has 0 bridgehead atoms. The van der Waals surface area contributed by atoms with Crippen LogP contribution >= 0.6 is 11.3 Å². The number of hydrogen-bond acceptors (Lipinski definition) is 7. The molecule has 10 heteroatoms. The minimum atomic E-state index is -0.798. The van der Waals surface area contributed by atoms with Crippen molar-refractivity contribution >= 4 is 50.3 Å². The standard InChI is InChI=1S/C29H27FN4O4S/c1-33-13-5-6-18(17-33)26-15-21-29(39-26)25(11-12-32-21)38-23-10-9-19(14-20(23)30)34(28(36)16-27(31)35)22-7-3-4-8-24(22)37-2/h3-4,6-12,14-15H,5,13,16-17H2,1-2H3,(H2,31,35). The number of halogens is 1. The number of para-hydroxylation sites is 2. The van der Waals surface area contributed by atoms with Crippen molar-refractivity contribution in [2.24, 2.45) is 5.73 Å². The van der Waals surface area contributed by atoms with Crippen LogP contribution < -0.4 is 20.1 Å². The molecule has 2 N–H and O–H groups in total. The molecule has 200 valence electrons. The molecule has 8 nitrogen and oxygen atoms in total. The van der Waals surface area contributed by atoms with E-state index in [2.05, 4.69) is 23.0 Å². The molecule has 0 unspecified atom stereocenters. The number of benzene rings is 2. The van der Waals surface area contributed by atoms with E-state index in [9.17, 15) is 9.59 Å². The monoisotopic (exact) mass is 546 g/mol. The van der Waals surface area contributed by atoms with Crippen molar-refractivity contribution in [3.63, 3.8) is 0 Å². The summed E-state index contributed by atoms with van der Waals surface area (Å²) in [4.78, 5) is 33.6. The zero-order valence-corrected chi connectivity index (χ0v) is 22.3. The molecular weight excluding hydrogens is 519 g/mol. The van der Waals surface area contributed by atoms with Gasteiger partial charge in [-0.05, 0) is 49.4 Å². The predicted octanol–water partition coefficient (Wildman–Crippen LogP) is 5.50. The zero-order chi connectivity index (χ0) is 27.5. The number of likely N-dealkylation sites (N-methyl/N-ethyl adjacent to an activating group) is 1. The van der Waals surface area contributed by atoms with E-state index in [1.54, 1.807) is 53.9 Å². The summed E-state index contributed by atoms with van der Waals surface area (Å²) in [7, 11) is 3.55. The summed E-state index contributed by atoms with van der Waals surface area (Å²) in [5.41, 5.74) is 7.84. The Hall–Kier alpha value is -4.28. The van der Waals surface area contributed by atoms with Gasteiger partial charge in [0.25, 0.3) is 0 Å². The van der Waals surface area contributed by atoms with E-state index < -0.39 is 24.1 Å². The average Bonchev–Trinajstić information content (AvgIpc) is 3.36. The Bertz CT molecular complexity index is 1580. The maximum absolute atomic E-state index is 15.4. The van der Waals surface area contributed by atoms with Crippen molar-refractivity contribution in [2.75, 3.05) is 32.1 Å². The molecule has 0 spiro atoms. The number of primary amides is 1. The SMILES string of the molecule is COc1ccccc1N(C(=O)CC(N)=O)c1ccc(Oc2ccnc3cc(C4=CCCN(C)C4)sc23)c(F)c1. The van der Waals surface area contributed by atoms with Gasteiger partial charge in [-0.15, -0.1) is 11.3 Å². The van der Waals surface area contributed by atoms with E-state index in [4.69, 9.17) is 15.2 Å². The molecule has 0 fully saturated rings. The highest BCUT2D eigenvalue weighted by atomic mass is 32.1. The maximum Gasteiger partial charge on any atom is 0.241 e. The quantitative estimate of drug-likeness (QED) is 0.293. The van der Waals surface area contributed by atoms with Crippen LogP contribution in [0.1, 0.15) is 17.7 Å². The third-order valence-corrected chi connectivity index (χ3v) is 7.54. The molecule has 39 heavy (non-hydrogen) atoms. The molecule has 5 rings (SSSR count). The topological polar surface area (TPSA) is 98.0 Å². The lowest BCUT2D eigenvalue weighted by Crippen LogP contribution is -2.30. The Labute approximate surface area is 229 Å². The number of anilines is 2. The van der Waals surface area contributed by atoms with Crippen molar-refractivity contribution < 1.29 is 23.5 Å². The van der Waals surface area contributed by atoms with E-state index >= 15 is 4.39 Å². The third kappa shape index (κ3) is 5.62. The van der Waals surface area contributed by atoms with Gasteiger partial charge in [0, 0.05) is 36.3 Å². The van der Waals surface area contributed by atoms with Gasteiger partial charge in [-0.1, -0.05) is 18.2 Å². The fourth-order valence-electron chi connectivity index (χ4n) is 4.52. The first-order chi connectivity index (χ1) is 18.8. The molecule has 2 aromatic carbocycles. The first-order valence-electron chi connectivity index (χ1n) is 12.3. The number of fused-ring (bicyclic) bond motifs is 1. The van der Waals surface area contributed by atoms with Gasteiger partial charge in [-0.2, -0.15) is 0 Å². The number of nitrogens with two attached hydrogens (primary N) is 1. The number of rotatable bonds is 8. The van der Waals surface area contributed by atoms with Crippen LogP contribution in [0.4, 0.5) is 15.8 Å². The first kappa shape index (κ1) is 26.3. The summed E-state index contributed by atoms with van der Waals surface area (Å²) in [6, 6.07) is 14.7. The molecular formula is C29H27FN4O4S. The number of aromatic nitrogens is 1. The van der Waals surface area contributed by atoms with Crippen molar-refractivity contribution in [1.29, 1.82) is 0 Å². The Morgan fingerprint density at radius 1 is 1.13 bits per heavy atom. The summed E-state index contributed by atoms with van der Waals surface area (Å²) < 4.78 is 27.7. The van der Waals surface area contributed by atoms with Gasteiger partial charge in [0.1, 0.15) is 17.9 Å².